The smallest absolute Gasteiger partial charge is 0.269 e. The topological polar surface area (TPSA) is 88.4 Å². The number of thioether (sulfide) groups is 1. The molecule has 0 aliphatic heterocycles. The number of benzene rings is 2. The van der Waals surface area contributed by atoms with Crippen molar-refractivity contribution in [3.8, 4) is 0 Å². The summed E-state index contributed by atoms with van der Waals surface area (Å²) in [6.07, 6.45) is 0. The number of carbonyl (C=O) groups is 2. The Balaban J connectivity index is 1.43. The van der Waals surface area contributed by atoms with Crippen LogP contribution in [0.15, 0.2) is 59.8 Å². The molecule has 0 fully saturated rings. The van der Waals surface area contributed by atoms with Crippen LogP contribution in [0.1, 0.15) is 15.9 Å². The van der Waals surface area contributed by atoms with Crippen LogP contribution in [-0.4, -0.2) is 32.2 Å². The molecule has 0 aliphatic carbocycles. The number of nitrogens with one attached hydrogen (secondary N) is 2. The summed E-state index contributed by atoms with van der Waals surface area (Å²) < 4.78 is 14.8. The lowest BCUT2D eigenvalue weighted by Gasteiger charge is -2.08. The number of halogens is 1. The Morgan fingerprint density at radius 2 is 1.83 bits per heavy atom. The van der Waals surface area contributed by atoms with Gasteiger partial charge in [-0.1, -0.05) is 30.0 Å². The number of fused-ring (bicyclic) bond motifs is 3. The van der Waals surface area contributed by atoms with Gasteiger partial charge in [0.1, 0.15) is 5.82 Å². The first-order valence-corrected chi connectivity index (χ1v) is 9.72. The zero-order valence-electron chi connectivity index (χ0n) is 15.3. The summed E-state index contributed by atoms with van der Waals surface area (Å²) in [5, 5.41) is 10.0. The van der Waals surface area contributed by atoms with Crippen LogP contribution in [0, 0.1) is 12.7 Å². The van der Waals surface area contributed by atoms with Gasteiger partial charge >= 0.3 is 0 Å². The first-order chi connectivity index (χ1) is 14.0. The van der Waals surface area contributed by atoms with E-state index >= 15 is 0 Å². The van der Waals surface area contributed by atoms with Crippen LogP contribution in [0.5, 0.6) is 0 Å². The number of hydrogen-bond donors (Lipinski definition) is 2. The molecule has 2 aromatic carbocycles. The van der Waals surface area contributed by atoms with Crippen molar-refractivity contribution in [2.75, 3.05) is 5.75 Å². The highest BCUT2D eigenvalue weighted by Crippen LogP contribution is 2.25. The van der Waals surface area contributed by atoms with E-state index in [9.17, 15) is 14.0 Å². The SMILES string of the molecule is Cc1cc2nnc(SCC(=O)NNC(=O)c3ccc(F)cc3)n2c2ccccc12. The first-order valence-electron chi connectivity index (χ1n) is 8.74. The Kier molecular flexibility index (Phi) is 5.13. The summed E-state index contributed by atoms with van der Waals surface area (Å²) >= 11 is 1.21. The van der Waals surface area contributed by atoms with Crippen molar-refractivity contribution < 1.29 is 14.0 Å². The minimum absolute atomic E-state index is 0.0344. The van der Waals surface area contributed by atoms with E-state index in [0.717, 1.165) is 16.5 Å². The standard InChI is InChI=1S/C20H16FN5O2S/c1-12-10-17-22-25-20(26(17)16-5-3-2-4-15(12)16)29-11-18(27)23-24-19(28)13-6-8-14(21)9-7-13/h2-10H,11H2,1H3,(H,23,27)(H,24,28). The minimum atomic E-state index is -0.530. The third kappa shape index (κ3) is 3.90. The van der Waals surface area contributed by atoms with Crippen molar-refractivity contribution in [1.29, 1.82) is 0 Å². The van der Waals surface area contributed by atoms with Gasteiger partial charge in [-0.3, -0.25) is 24.8 Å². The molecule has 29 heavy (non-hydrogen) atoms. The molecule has 146 valence electrons. The predicted molar refractivity (Wildman–Crippen MR) is 108 cm³/mol. The Morgan fingerprint density at radius 1 is 1.07 bits per heavy atom. The van der Waals surface area contributed by atoms with Crippen molar-refractivity contribution in [2.24, 2.45) is 0 Å². The number of para-hydroxylation sites is 1. The summed E-state index contributed by atoms with van der Waals surface area (Å²) in [7, 11) is 0. The second-order valence-electron chi connectivity index (χ2n) is 6.32. The van der Waals surface area contributed by atoms with E-state index in [1.54, 1.807) is 0 Å². The highest BCUT2D eigenvalue weighted by Gasteiger charge is 2.13. The summed E-state index contributed by atoms with van der Waals surface area (Å²) in [5.41, 5.74) is 7.64. The zero-order chi connectivity index (χ0) is 20.4. The number of nitrogens with zero attached hydrogens (tertiary/aromatic N) is 3. The van der Waals surface area contributed by atoms with E-state index in [0.29, 0.717) is 10.8 Å². The zero-order valence-corrected chi connectivity index (χ0v) is 16.2. The molecule has 4 rings (SSSR count). The summed E-state index contributed by atoms with van der Waals surface area (Å²) in [4.78, 5) is 24.1. The van der Waals surface area contributed by atoms with E-state index < -0.39 is 17.6 Å². The lowest BCUT2D eigenvalue weighted by molar-refractivity contribution is -0.119. The molecule has 0 saturated carbocycles. The molecule has 0 spiro atoms. The van der Waals surface area contributed by atoms with Crippen molar-refractivity contribution in [3.05, 3.63) is 71.5 Å². The number of carbonyl (C=O) groups excluding carboxylic acids is 2. The third-order valence-corrected chi connectivity index (χ3v) is 5.26. The van der Waals surface area contributed by atoms with Crippen LogP contribution in [-0.2, 0) is 4.79 Å². The summed E-state index contributed by atoms with van der Waals surface area (Å²) in [6.45, 7) is 2.01. The lowest BCUT2D eigenvalue weighted by atomic mass is 10.1. The maximum absolute atomic E-state index is 12.9. The van der Waals surface area contributed by atoms with Gasteiger partial charge in [-0.15, -0.1) is 10.2 Å². The maximum Gasteiger partial charge on any atom is 0.269 e. The second kappa shape index (κ2) is 7.88. The van der Waals surface area contributed by atoms with Gasteiger partial charge in [-0.05, 0) is 48.9 Å². The second-order valence-corrected chi connectivity index (χ2v) is 7.26. The number of aryl methyl sites for hydroxylation is 1. The average molecular weight is 409 g/mol. The highest BCUT2D eigenvalue weighted by molar-refractivity contribution is 7.99. The minimum Gasteiger partial charge on any atom is -0.272 e. The first kappa shape index (κ1) is 18.9. The molecule has 4 aromatic rings. The van der Waals surface area contributed by atoms with Gasteiger partial charge in [0.25, 0.3) is 5.91 Å². The van der Waals surface area contributed by atoms with E-state index in [2.05, 4.69) is 21.0 Å². The third-order valence-electron chi connectivity index (χ3n) is 4.33. The molecule has 7 nitrogen and oxygen atoms in total. The van der Waals surface area contributed by atoms with Crippen LogP contribution in [0.25, 0.3) is 16.6 Å². The summed E-state index contributed by atoms with van der Waals surface area (Å²) in [6, 6.07) is 14.9. The molecular weight excluding hydrogens is 393 g/mol. The van der Waals surface area contributed by atoms with Crippen LogP contribution in [0.4, 0.5) is 4.39 Å². The number of hydrogen-bond acceptors (Lipinski definition) is 5. The molecule has 0 saturated heterocycles. The normalized spacial score (nSPS) is 11.0. The van der Waals surface area contributed by atoms with E-state index in [-0.39, 0.29) is 11.3 Å². The van der Waals surface area contributed by atoms with Crippen molar-refractivity contribution >= 4 is 40.1 Å². The summed E-state index contributed by atoms with van der Waals surface area (Å²) in [5.74, 6) is -1.34. The van der Waals surface area contributed by atoms with Gasteiger partial charge in [0.15, 0.2) is 10.8 Å². The fourth-order valence-corrected chi connectivity index (χ4v) is 3.69. The van der Waals surface area contributed by atoms with E-state index in [4.69, 9.17) is 0 Å². The molecule has 2 heterocycles. The number of amides is 2. The van der Waals surface area contributed by atoms with E-state index in [1.165, 1.54) is 36.0 Å². The number of pyridine rings is 1. The van der Waals surface area contributed by atoms with Gasteiger partial charge < -0.3 is 0 Å². The van der Waals surface area contributed by atoms with Gasteiger partial charge in [0.05, 0.1) is 11.3 Å². The van der Waals surface area contributed by atoms with Crippen LogP contribution < -0.4 is 10.9 Å². The molecule has 2 aromatic heterocycles. The molecule has 0 atom stereocenters. The van der Waals surface area contributed by atoms with Gasteiger partial charge in [-0.2, -0.15) is 0 Å². The van der Waals surface area contributed by atoms with Gasteiger partial charge in [0.2, 0.25) is 5.91 Å². The number of aromatic nitrogens is 3. The molecule has 9 heteroatoms. The fourth-order valence-electron chi connectivity index (χ4n) is 2.93. The highest BCUT2D eigenvalue weighted by atomic mass is 32.2. The maximum atomic E-state index is 12.9. The Bertz CT molecular complexity index is 1220. The molecule has 0 bridgehead atoms. The van der Waals surface area contributed by atoms with Crippen LogP contribution >= 0.6 is 11.8 Å². The molecule has 2 N–H and O–H groups in total. The van der Waals surface area contributed by atoms with Crippen molar-refractivity contribution in [2.45, 2.75) is 12.1 Å². The van der Waals surface area contributed by atoms with Crippen LogP contribution in [0.3, 0.4) is 0 Å². The average Bonchev–Trinajstić information content (AvgIpc) is 3.14. The molecule has 0 aliphatic rings. The van der Waals surface area contributed by atoms with E-state index in [1.807, 2.05) is 41.7 Å². The van der Waals surface area contributed by atoms with Crippen molar-refractivity contribution in [1.82, 2.24) is 25.4 Å². The Morgan fingerprint density at radius 3 is 2.62 bits per heavy atom. The van der Waals surface area contributed by atoms with Crippen molar-refractivity contribution in [3.63, 3.8) is 0 Å². The number of hydrazine groups is 1. The molecule has 2 amide bonds. The lowest BCUT2D eigenvalue weighted by Crippen LogP contribution is -2.42. The van der Waals surface area contributed by atoms with Gasteiger partial charge in [0, 0.05) is 10.9 Å². The quantitative estimate of drug-likeness (QED) is 0.400. The molecule has 0 unspecified atom stereocenters. The predicted octanol–water partition coefficient (Wildman–Crippen LogP) is 2.88. The van der Waals surface area contributed by atoms with Crippen LogP contribution in [0.2, 0.25) is 0 Å². The monoisotopic (exact) mass is 409 g/mol. The fraction of sp³-hybridized carbons (Fsp3) is 0.100. The Labute approximate surface area is 169 Å². The molecule has 0 radical (unpaired) electrons. The Hall–Kier alpha value is -3.46. The molecular formula is C20H16FN5O2S. The number of rotatable bonds is 4. The largest absolute Gasteiger partial charge is 0.272 e. The van der Waals surface area contributed by atoms with Gasteiger partial charge in [-0.25, -0.2) is 4.39 Å².